The van der Waals surface area contributed by atoms with Crippen LogP contribution in [0, 0.1) is 11.6 Å². The predicted octanol–water partition coefficient (Wildman–Crippen LogP) is 4.09. The van der Waals surface area contributed by atoms with E-state index in [-0.39, 0.29) is 12.3 Å². The van der Waals surface area contributed by atoms with Crippen LogP contribution in [-0.2, 0) is 11.2 Å². The van der Waals surface area contributed by atoms with Crippen LogP contribution in [0.3, 0.4) is 0 Å². The summed E-state index contributed by atoms with van der Waals surface area (Å²) in [5.74, 6) is -1.19. The second-order valence-electron chi connectivity index (χ2n) is 5.37. The van der Waals surface area contributed by atoms with Crippen molar-refractivity contribution in [2.75, 3.05) is 20.2 Å². The van der Waals surface area contributed by atoms with Gasteiger partial charge in [-0.2, -0.15) is 0 Å². The minimum absolute atomic E-state index is 0.0839. The Morgan fingerprint density at radius 1 is 1.12 bits per heavy atom. The predicted molar refractivity (Wildman–Crippen MR) is 89.3 cm³/mol. The zero-order valence-electron chi connectivity index (χ0n) is 13.3. The van der Waals surface area contributed by atoms with Crippen LogP contribution < -0.4 is 4.74 Å². The average molecular weight is 354 g/mol. The largest absolute Gasteiger partial charge is 0.492 e. The van der Waals surface area contributed by atoms with Crippen molar-refractivity contribution < 1.29 is 18.3 Å². The first-order valence-electron chi connectivity index (χ1n) is 7.52. The van der Waals surface area contributed by atoms with E-state index >= 15 is 0 Å². The lowest BCUT2D eigenvalue weighted by molar-refractivity contribution is -0.130. The van der Waals surface area contributed by atoms with Gasteiger partial charge in [0, 0.05) is 18.5 Å². The molecule has 0 aliphatic heterocycles. The summed E-state index contributed by atoms with van der Waals surface area (Å²) in [4.78, 5) is 13.6. The van der Waals surface area contributed by atoms with Crippen LogP contribution in [0.15, 0.2) is 42.5 Å². The Balaban J connectivity index is 1.73. The van der Waals surface area contributed by atoms with Gasteiger partial charge < -0.3 is 9.64 Å². The summed E-state index contributed by atoms with van der Waals surface area (Å²) in [6, 6.07) is 10.6. The number of nitrogens with zero attached hydrogens (tertiary/aromatic N) is 1. The zero-order chi connectivity index (χ0) is 17.5. The van der Waals surface area contributed by atoms with Gasteiger partial charge in [-0.3, -0.25) is 4.79 Å². The molecule has 128 valence electrons. The van der Waals surface area contributed by atoms with E-state index in [1.807, 2.05) is 0 Å². The quantitative estimate of drug-likeness (QED) is 0.750. The third-order valence-electron chi connectivity index (χ3n) is 3.55. The SMILES string of the molecule is CN(CCOc1ccc(Cl)cc1)C(=O)CCc1ccc(F)c(F)c1. The van der Waals surface area contributed by atoms with E-state index in [0.717, 1.165) is 12.1 Å². The number of amides is 1. The van der Waals surface area contributed by atoms with Crippen LogP contribution in [0.4, 0.5) is 8.78 Å². The summed E-state index contributed by atoms with van der Waals surface area (Å²) >= 11 is 5.79. The summed E-state index contributed by atoms with van der Waals surface area (Å²) in [5, 5.41) is 0.631. The third kappa shape index (κ3) is 5.49. The number of hydrogen-bond donors (Lipinski definition) is 0. The lowest BCUT2D eigenvalue weighted by Crippen LogP contribution is -2.31. The van der Waals surface area contributed by atoms with Crippen LogP contribution in [-0.4, -0.2) is 31.0 Å². The van der Waals surface area contributed by atoms with E-state index in [9.17, 15) is 13.6 Å². The molecule has 0 aliphatic carbocycles. The maximum absolute atomic E-state index is 13.1. The van der Waals surface area contributed by atoms with Gasteiger partial charge >= 0.3 is 0 Å². The number of carbonyl (C=O) groups is 1. The normalized spacial score (nSPS) is 10.5. The fourth-order valence-corrected chi connectivity index (χ4v) is 2.22. The first-order chi connectivity index (χ1) is 11.5. The highest BCUT2D eigenvalue weighted by Gasteiger charge is 2.10. The topological polar surface area (TPSA) is 29.5 Å². The molecule has 6 heteroatoms. The van der Waals surface area contributed by atoms with Crippen molar-refractivity contribution in [2.45, 2.75) is 12.8 Å². The van der Waals surface area contributed by atoms with E-state index in [0.29, 0.717) is 35.9 Å². The molecule has 0 aromatic heterocycles. The van der Waals surface area contributed by atoms with Crippen molar-refractivity contribution in [3.05, 3.63) is 64.7 Å². The molecular weight excluding hydrogens is 336 g/mol. The van der Waals surface area contributed by atoms with Crippen LogP contribution in [0.1, 0.15) is 12.0 Å². The fourth-order valence-electron chi connectivity index (χ4n) is 2.09. The summed E-state index contributed by atoms with van der Waals surface area (Å²) in [6.07, 6.45) is 0.584. The average Bonchev–Trinajstić information content (AvgIpc) is 2.57. The molecule has 0 heterocycles. The number of benzene rings is 2. The number of halogens is 3. The minimum Gasteiger partial charge on any atom is -0.492 e. The van der Waals surface area contributed by atoms with Crippen molar-refractivity contribution >= 4 is 17.5 Å². The zero-order valence-corrected chi connectivity index (χ0v) is 14.0. The van der Waals surface area contributed by atoms with Gasteiger partial charge in [-0.25, -0.2) is 8.78 Å². The van der Waals surface area contributed by atoms with E-state index in [1.54, 1.807) is 36.2 Å². The highest BCUT2D eigenvalue weighted by Crippen LogP contribution is 2.15. The summed E-state index contributed by atoms with van der Waals surface area (Å²) in [5.41, 5.74) is 0.591. The molecule has 0 bridgehead atoms. The molecule has 0 fully saturated rings. The Hall–Kier alpha value is -2.14. The first-order valence-corrected chi connectivity index (χ1v) is 7.90. The Morgan fingerprint density at radius 2 is 1.83 bits per heavy atom. The molecule has 3 nitrogen and oxygen atoms in total. The highest BCUT2D eigenvalue weighted by atomic mass is 35.5. The molecule has 0 atom stereocenters. The van der Waals surface area contributed by atoms with Crippen LogP contribution in [0.25, 0.3) is 0 Å². The maximum atomic E-state index is 13.1. The Bertz CT molecular complexity index is 692. The molecule has 0 saturated heterocycles. The molecular formula is C18H18ClF2NO2. The van der Waals surface area contributed by atoms with Crippen molar-refractivity contribution in [2.24, 2.45) is 0 Å². The van der Waals surface area contributed by atoms with E-state index in [2.05, 4.69) is 0 Å². The molecule has 0 aliphatic rings. The van der Waals surface area contributed by atoms with Gasteiger partial charge in [0.05, 0.1) is 6.54 Å². The Labute approximate surface area is 144 Å². The lowest BCUT2D eigenvalue weighted by atomic mass is 10.1. The molecule has 0 saturated carbocycles. The maximum Gasteiger partial charge on any atom is 0.222 e. The monoisotopic (exact) mass is 353 g/mol. The van der Waals surface area contributed by atoms with E-state index in [4.69, 9.17) is 16.3 Å². The molecule has 0 N–H and O–H groups in total. The molecule has 1 amide bonds. The van der Waals surface area contributed by atoms with E-state index in [1.165, 1.54) is 6.07 Å². The number of rotatable bonds is 7. The summed E-state index contributed by atoms with van der Waals surface area (Å²) in [7, 11) is 1.68. The Kier molecular flexibility index (Phi) is 6.55. The second kappa shape index (κ2) is 8.64. The molecule has 0 spiro atoms. The third-order valence-corrected chi connectivity index (χ3v) is 3.80. The highest BCUT2D eigenvalue weighted by molar-refractivity contribution is 6.30. The standard InChI is InChI=1S/C18H18ClF2NO2/c1-22(10-11-24-15-6-4-14(19)5-7-15)18(23)9-3-13-2-8-16(20)17(21)12-13/h2,4-8,12H,3,9-11H2,1H3. The number of hydrogen-bond acceptors (Lipinski definition) is 2. The summed E-state index contributed by atoms with van der Waals surface area (Å²) in [6.45, 7) is 0.786. The smallest absolute Gasteiger partial charge is 0.222 e. The molecule has 0 unspecified atom stereocenters. The van der Waals surface area contributed by atoms with Crippen LogP contribution >= 0.6 is 11.6 Å². The fraction of sp³-hybridized carbons (Fsp3) is 0.278. The van der Waals surface area contributed by atoms with Crippen LogP contribution in [0.2, 0.25) is 5.02 Å². The van der Waals surface area contributed by atoms with Gasteiger partial charge in [-0.05, 0) is 48.4 Å². The number of ether oxygens (including phenoxy) is 1. The summed E-state index contributed by atoms with van der Waals surface area (Å²) < 4.78 is 31.5. The number of likely N-dealkylation sites (N-methyl/N-ethyl adjacent to an activating group) is 1. The first kappa shape index (κ1) is 18.2. The van der Waals surface area contributed by atoms with Gasteiger partial charge in [0.15, 0.2) is 11.6 Å². The van der Waals surface area contributed by atoms with E-state index < -0.39 is 11.6 Å². The van der Waals surface area contributed by atoms with Gasteiger partial charge in [-0.1, -0.05) is 17.7 Å². The molecule has 0 radical (unpaired) electrons. The van der Waals surface area contributed by atoms with Crippen molar-refractivity contribution in [1.29, 1.82) is 0 Å². The second-order valence-corrected chi connectivity index (χ2v) is 5.80. The van der Waals surface area contributed by atoms with Gasteiger partial charge in [-0.15, -0.1) is 0 Å². The van der Waals surface area contributed by atoms with Gasteiger partial charge in [0.25, 0.3) is 0 Å². The molecule has 2 aromatic rings. The van der Waals surface area contributed by atoms with Crippen molar-refractivity contribution in [3.63, 3.8) is 0 Å². The molecule has 2 rings (SSSR count). The molecule has 2 aromatic carbocycles. The molecule has 24 heavy (non-hydrogen) atoms. The van der Waals surface area contributed by atoms with Gasteiger partial charge in [0.2, 0.25) is 5.91 Å². The lowest BCUT2D eigenvalue weighted by Gasteiger charge is -2.17. The Morgan fingerprint density at radius 3 is 2.50 bits per heavy atom. The van der Waals surface area contributed by atoms with Crippen molar-refractivity contribution in [1.82, 2.24) is 4.90 Å². The minimum atomic E-state index is -0.898. The number of carbonyl (C=O) groups excluding carboxylic acids is 1. The van der Waals surface area contributed by atoms with Crippen LogP contribution in [0.5, 0.6) is 5.75 Å². The van der Waals surface area contributed by atoms with Crippen molar-refractivity contribution in [3.8, 4) is 5.75 Å². The van der Waals surface area contributed by atoms with Gasteiger partial charge in [0.1, 0.15) is 12.4 Å². The number of aryl methyl sites for hydroxylation is 1.